The molecule has 6 nitrogen and oxygen atoms in total. The number of nitrogens with one attached hydrogen (secondary N) is 1. The van der Waals surface area contributed by atoms with E-state index in [1.54, 1.807) is 24.0 Å². The van der Waals surface area contributed by atoms with Gasteiger partial charge in [0, 0.05) is 36.2 Å². The van der Waals surface area contributed by atoms with E-state index in [0.717, 1.165) is 31.5 Å². The molecular weight excluding hydrogens is 462 g/mol. The van der Waals surface area contributed by atoms with Crippen molar-refractivity contribution in [2.24, 2.45) is 5.92 Å². The summed E-state index contributed by atoms with van der Waals surface area (Å²) in [5, 5.41) is 3.23. The van der Waals surface area contributed by atoms with Gasteiger partial charge in [0.25, 0.3) is 5.91 Å². The second-order valence-electron chi connectivity index (χ2n) is 9.07. The first kappa shape index (κ1) is 23.2. The second kappa shape index (κ2) is 8.90. The Balaban J connectivity index is 1.42. The number of anilines is 1. The summed E-state index contributed by atoms with van der Waals surface area (Å²) in [6.45, 7) is 2.31. The zero-order valence-electron chi connectivity index (χ0n) is 18.9. The third-order valence-corrected chi connectivity index (χ3v) is 6.71. The number of alkyl halides is 3. The Hall–Kier alpha value is -3.56. The molecule has 3 fully saturated rings. The minimum Gasteiger partial charge on any atom is -0.365 e. The summed E-state index contributed by atoms with van der Waals surface area (Å²) < 4.78 is 53.1. The number of rotatable bonds is 4. The summed E-state index contributed by atoms with van der Waals surface area (Å²) >= 11 is 0. The largest absolute Gasteiger partial charge is 0.417 e. The first-order valence-electron chi connectivity index (χ1n) is 11.4. The van der Waals surface area contributed by atoms with Crippen LogP contribution in [0.25, 0.3) is 11.3 Å². The Kier molecular flexibility index (Phi) is 5.90. The fourth-order valence-electron chi connectivity index (χ4n) is 5.05. The monoisotopic (exact) mass is 485 g/mol. The van der Waals surface area contributed by atoms with Gasteiger partial charge >= 0.3 is 6.18 Å². The standard InChI is InChI=1S/C25H23F4N5O/c1-14-4-7-17(22-18(26)3-2-10-30-22)23(32-14)24(35)34-13-15-5-8-20(34)19(11-15)33-21-9-6-16(12-31-21)25(27,28)29/h2-4,6-7,9-10,12,15,19-20H,5,8,11,13H2,1H3,(H,31,33)/t15?,19-,20+/m1/s1. The SMILES string of the molecule is Cc1ccc(-c2ncccc2F)c(C(=O)N2CC3CC[C@H]2[C@H](Nc2ccc(C(F)(F)F)cn2)C3)n1. The Labute approximate surface area is 199 Å². The van der Waals surface area contributed by atoms with Crippen LogP contribution < -0.4 is 5.32 Å². The van der Waals surface area contributed by atoms with Crippen LogP contribution in [0.2, 0.25) is 0 Å². The van der Waals surface area contributed by atoms with Gasteiger partial charge in [-0.25, -0.2) is 14.4 Å². The Morgan fingerprint density at radius 3 is 2.63 bits per heavy atom. The fraction of sp³-hybridized carbons (Fsp3) is 0.360. The van der Waals surface area contributed by atoms with Gasteiger partial charge in [0.2, 0.25) is 0 Å². The number of aryl methyl sites for hydroxylation is 1. The molecule has 6 rings (SSSR count). The highest BCUT2D eigenvalue weighted by molar-refractivity contribution is 5.99. The molecule has 2 saturated heterocycles. The van der Waals surface area contributed by atoms with Gasteiger partial charge in [-0.3, -0.25) is 9.78 Å². The molecule has 0 radical (unpaired) electrons. The molecule has 182 valence electrons. The molecule has 1 N–H and O–H groups in total. The van der Waals surface area contributed by atoms with Crippen LogP contribution in [0.5, 0.6) is 0 Å². The number of fused-ring (bicyclic) bond motifs is 3. The molecule has 2 aliphatic heterocycles. The Morgan fingerprint density at radius 1 is 1.11 bits per heavy atom. The second-order valence-corrected chi connectivity index (χ2v) is 9.07. The minimum absolute atomic E-state index is 0.0640. The van der Waals surface area contributed by atoms with Gasteiger partial charge in [-0.05, 0) is 68.5 Å². The van der Waals surface area contributed by atoms with Crippen LogP contribution in [0.15, 0.2) is 48.8 Å². The molecule has 0 spiro atoms. The van der Waals surface area contributed by atoms with Gasteiger partial charge < -0.3 is 10.2 Å². The molecule has 1 aliphatic carbocycles. The molecule has 1 saturated carbocycles. The molecule has 5 heterocycles. The van der Waals surface area contributed by atoms with Gasteiger partial charge in [0.05, 0.1) is 11.6 Å². The van der Waals surface area contributed by atoms with Gasteiger partial charge in [-0.2, -0.15) is 13.2 Å². The van der Waals surface area contributed by atoms with Crippen LogP contribution in [0.4, 0.5) is 23.4 Å². The smallest absolute Gasteiger partial charge is 0.365 e. The Bertz CT molecular complexity index is 1250. The van der Waals surface area contributed by atoms with Gasteiger partial charge in [-0.1, -0.05) is 0 Å². The van der Waals surface area contributed by atoms with E-state index in [1.807, 2.05) is 0 Å². The van der Waals surface area contributed by atoms with E-state index in [9.17, 15) is 22.4 Å². The van der Waals surface area contributed by atoms with Crippen LogP contribution >= 0.6 is 0 Å². The predicted octanol–water partition coefficient (Wildman–Crippen LogP) is 5.11. The number of hydrogen-bond donors (Lipinski definition) is 1. The summed E-state index contributed by atoms with van der Waals surface area (Å²) in [4.78, 5) is 28.0. The van der Waals surface area contributed by atoms with Crippen LogP contribution in [-0.2, 0) is 6.18 Å². The van der Waals surface area contributed by atoms with Crippen molar-refractivity contribution < 1.29 is 22.4 Å². The van der Waals surface area contributed by atoms with Gasteiger partial charge in [0.15, 0.2) is 0 Å². The molecule has 1 amide bonds. The summed E-state index contributed by atoms with van der Waals surface area (Å²) in [6.07, 6.45) is 0.289. The van der Waals surface area contributed by atoms with Crippen molar-refractivity contribution in [3.63, 3.8) is 0 Å². The molecular formula is C25H23F4N5O. The molecule has 3 aliphatic rings. The van der Waals surface area contributed by atoms with Crippen molar-refractivity contribution in [2.75, 3.05) is 11.9 Å². The fourth-order valence-corrected chi connectivity index (χ4v) is 5.05. The van der Waals surface area contributed by atoms with Crippen LogP contribution in [0.3, 0.4) is 0 Å². The number of amides is 1. The van der Waals surface area contributed by atoms with E-state index >= 15 is 0 Å². The van der Waals surface area contributed by atoms with Crippen molar-refractivity contribution in [3.8, 4) is 11.3 Å². The molecule has 35 heavy (non-hydrogen) atoms. The molecule has 2 bridgehead atoms. The highest BCUT2D eigenvalue weighted by Crippen LogP contribution is 2.38. The van der Waals surface area contributed by atoms with Gasteiger partial charge in [0.1, 0.15) is 23.0 Å². The van der Waals surface area contributed by atoms with Crippen molar-refractivity contribution >= 4 is 11.7 Å². The summed E-state index contributed by atoms with van der Waals surface area (Å²) in [7, 11) is 0. The van der Waals surface area contributed by atoms with E-state index < -0.39 is 17.6 Å². The first-order chi connectivity index (χ1) is 16.7. The van der Waals surface area contributed by atoms with Crippen LogP contribution in [0, 0.1) is 18.7 Å². The predicted molar refractivity (Wildman–Crippen MR) is 121 cm³/mol. The molecule has 3 aromatic rings. The van der Waals surface area contributed by atoms with Crippen LogP contribution in [-0.4, -0.2) is 44.4 Å². The maximum atomic E-state index is 14.5. The van der Waals surface area contributed by atoms with Crippen LogP contribution in [0.1, 0.15) is 41.0 Å². The zero-order chi connectivity index (χ0) is 24.7. The lowest BCUT2D eigenvalue weighted by atomic mass is 9.76. The molecule has 0 aromatic carbocycles. The van der Waals surface area contributed by atoms with E-state index in [1.165, 1.54) is 24.4 Å². The van der Waals surface area contributed by atoms with E-state index in [0.29, 0.717) is 23.6 Å². The number of carbonyl (C=O) groups is 1. The maximum absolute atomic E-state index is 14.5. The summed E-state index contributed by atoms with van der Waals surface area (Å²) in [6, 6.07) is 8.07. The lowest BCUT2D eigenvalue weighted by Crippen LogP contribution is -2.60. The number of aromatic nitrogens is 3. The first-order valence-corrected chi connectivity index (χ1v) is 11.4. The third-order valence-electron chi connectivity index (χ3n) is 6.71. The number of nitrogens with zero attached hydrogens (tertiary/aromatic N) is 4. The quantitative estimate of drug-likeness (QED) is 0.520. The van der Waals surface area contributed by atoms with Crippen molar-refractivity contribution in [1.82, 2.24) is 19.9 Å². The van der Waals surface area contributed by atoms with E-state index in [2.05, 4.69) is 20.3 Å². The molecule has 3 atom stereocenters. The average Bonchev–Trinajstić information content (AvgIpc) is 2.84. The average molecular weight is 485 g/mol. The van der Waals surface area contributed by atoms with E-state index in [4.69, 9.17) is 0 Å². The highest BCUT2D eigenvalue weighted by Gasteiger charge is 2.44. The summed E-state index contributed by atoms with van der Waals surface area (Å²) in [5.41, 5.74) is 0.342. The number of piperidine rings is 2. The maximum Gasteiger partial charge on any atom is 0.417 e. The lowest BCUT2D eigenvalue weighted by molar-refractivity contribution is -0.137. The van der Waals surface area contributed by atoms with Crippen molar-refractivity contribution in [1.29, 1.82) is 0 Å². The highest BCUT2D eigenvalue weighted by atomic mass is 19.4. The minimum atomic E-state index is -4.45. The Morgan fingerprint density at radius 2 is 1.94 bits per heavy atom. The number of hydrogen-bond acceptors (Lipinski definition) is 5. The van der Waals surface area contributed by atoms with Crippen molar-refractivity contribution in [2.45, 2.75) is 44.4 Å². The normalized spacial score (nSPS) is 21.7. The molecule has 3 aromatic heterocycles. The molecule has 10 heteroatoms. The lowest BCUT2D eigenvalue weighted by Gasteiger charge is -2.50. The topological polar surface area (TPSA) is 71.0 Å². The number of carbonyl (C=O) groups excluding carboxylic acids is 1. The molecule has 1 unspecified atom stereocenters. The van der Waals surface area contributed by atoms with E-state index in [-0.39, 0.29) is 35.3 Å². The zero-order valence-corrected chi connectivity index (χ0v) is 18.9. The summed E-state index contributed by atoms with van der Waals surface area (Å²) in [5.74, 6) is -0.292. The number of halogens is 4. The van der Waals surface area contributed by atoms with Crippen molar-refractivity contribution in [3.05, 3.63) is 71.6 Å². The third kappa shape index (κ3) is 4.56. The van der Waals surface area contributed by atoms with Gasteiger partial charge in [-0.15, -0.1) is 0 Å². The number of pyridine rings is 3.